The van der Waals surface area contributed by atoms with Crippen molar-refractivity contribution < 1.29 is 14.7 Å². The van der Waals surface area contributed by atoms with Crippen LogP contribution in [0.5, 0.6) is 0 Å². The van der Waals surface area contributed by atoms with Gasteiger partial charge in [-0.2, -0.15) is 0 Å². The lowest BCUT2D eigenvalue weighted by Gasteiger charge is -2.32. The largest absolute Gasteiger partial charge is 0.480 e. The Labute approximate surface area is 136 Å². The Balaban J connectivity index is 2.06. The van der Waals surface area contributed by atoms with E-state index in [2.05, 4.69) is 10.6 Å². The molecule has 1 heterocycles. The number of benzene rings is 1. The molecule has 1 aliphatic heterocycles. The third-order valence-corrected chi connectivity index (χ3v) is 4.20. The first-order valence-corrected chi connectivity index (χ1v) is 7.93. The molecule has 0 unspecified atom stereocenters. The molecule has 0 spiro atoms. The number of nitrogens with zero attached hydrogens (tertiary/aromatic N) is 1. The van der Waals surface area contributed by atoms with Crippen molar-refractivity contribution in [1.82, 2.24) is 10.2 Å². The summed E-state index contributed by atoms with van der Waals surface area (Å²) >= 11 is 0. The number of amides is 1. The molecular formula is C17H25N3O3. The molecule has 1 aromatic carbocycles. The van der Waals surface area contributed by atoms with E-state index in [0.29, 0.717) is 13.1 Å². The number of hydrogen-bond donors (Lipinski definition) is 3. The molecule has 23 heavy (non-hydrogen) atoms. The van der Waals surface area contributed by atoms with Crippen LogP contribution in [-0.2, 0) is 9.59 Å². The van der Waals surface area contributed by atoms with E-state index in [4.69, 9.17) is 0 Å². The summed E-state index contributed by atoms with van der Waals surface area (Å²) in [4.78, 5) is 25.7. The van der Waals surface area contributed by atoms with Gasteiger partial charge in [0.25, 0.3) is 0 Å². The highest BCUT2D eigenvalue weighted by molar-refractivity contribution is 5.95. The second-order valence-corrected chi connectivity index (χ2v) is 6.17. The Bertz CT molecular complexity index is 572. The first-order valence-electron chi connectivity index (χ1n) is 7.93. The van der Waals surface area contributed by atoms with Crippen molar-refractivity contribution in [3.05, 3.63) is 28.8 Å². The predicted octanol–water partition coefficient (Wildman–Crippen LogP) is 1.30. The van der Waals surface area contributed by atoms with Gasteiger partial charge in [0.2, 0.25) is 5.91 Å². The van der Waals surface area contributed by atoms with Crippen LogP contribution in [0, 0.1) is 20.8 Å². The Kier molecular flexibility index (Phi) is 5.74. The molecule has 3 N–H and O–H groups in total. The maximum atomic E-state index is 12.3. The van der Waals surface area contributed by atoms with Crippen molar-refractivity contribution in [3.8, 4) is 0 Å². The zero-order valence-electron chi connectivity index (χ0n) is 14.0. The van der Waals surface area contributed by atoms with E-state index in [9.17, 15) is 14.7 Å². The van der Waals surface area contributed by atoms with Crippen LogP contribution in [0.1, 0.15) is 23.1 Å². The molecule has 0 aromatic heterocycles. The number of carboxylic acid groups (broad SMARTS) is 1. The maximum Gasteiger partial charge on any atom is 0.321 e. The zero-order chi connectivity index (χ0) is 17.0. The van der Waals surface area contributed by atoms with Crippen molar-refractivity contribution in [2.75, 3.05) is 31.5 Å². The van der Waals surface area contributed by atoms with Gasteiger partial charge in [0.05, 0.1) is 6.42 Å². The summed E-state index contributed by atoms with van der Waals surface area (Å²) in [5.41, 5.74) is 3.90. The van der Waals surface area contributed by atoms with Gasteiger partial charge in [0.1, 0.15) is 6.04 Å². The van der Waals surface area contributed by atoms with Gasteiger partial charge in [-0.15, -0.1) is 0 Å². The maximum absolute atomic E-state index is 12.3. The van der Waals surface area contributed by atoms with Crippen LogP contribution in [0.25, 0.3) is 0 Å². The van der Waals surface area contributed by atoms with Crippen LogP contribution in [-0.4, -0.2) is 54.1 Å². The van der Waals surface area contributed by atoms with E-state index in [0.717, 1.165) is 35.5 Å². The van der Waals surface area contributed by atoms with Gasteiger partial charge < -0.3 is 15.7 Å². The third kappa shape index (κ3) is 4.53. The highest BCUT2D eigenvalue weighted by Crippen LogP contribution is 2.22. The summed E-state index contributed by atoms with van der Waals surface area (Å²) in [5, 5.41) is 15.5. The van der Waals surface area contributed by atoms with E-state index in [1.807, 2.05) is 37.8 Å². The SMILES string of the molecule is Cc1cc(C)c(NC(=O)C[C@H](C(=O)O)N2CCNCC2)c(C)c1. The fourth-order valence-electron chi connectivity index (χ4n) is 3.11. The van der Waals surface area contributed by atoms with Crippen molar-refractivity contribution in [1.29, 1.82) is 0 Å². The quantitative estimate of drug-likeness (QED) is 0.762. The van der Waals surface area contributed by atoms with Gasteiger partial charge in [-0.05, 0) is 31.9 Å². The molecule has 0 saturated carbocycles. The van der Waals surface area contributed by atoms with Crippen molar-refractivity contribution >= 4 is 17.6 Å². The molecule has 0 radical (unpaired) electrons. The minimum absolute atomic E-state index is 0.0396. The lowest BCUT2D eigenvalue weighted by atomic mass is 10.0. The summed E-state index contributed by atoms with van der Waals surface area (Å²) < 4.78 is 0. The van der Waals surface area contributed by atoms with Gasteiger partial charge in [0.15, 0.2) is 0 Å². The third-order valence-electron chi connectivity index (χ3n) is 4.20. The zero-order valence-corrected chi connectivity index (χ0v) is 14.0. The molecule has 1 atom stereocenters. The Morgan fingerprint density at radius 3 is 2.30 bits per heavy atom. The van der Waals surface area contributed by atoms with Gasteiger partial charge in [-0.25, -0.2) is 0 Å². The van der Waals surface area contributed by atoms with Crippen LogP contribution in [0.3, 0.4) is 0 Å². The number of carboxylic acids is 1. The minimum Gasteiger partial charge on any atom is -0.480 e. The van der Waals surface area contributed by atoms with Crippen LogP contribution in [0.4, 0.5) is 5.69 Å². The molecule has 1 aliphatic rings. The second-order valence-electron chi connectivity index (χ2n) is 6.17. The lowest BCUT2D eigenvalue weighted by molar-refractivity contribution is -0.145. The highest BCUT2D eigenvalue weighted by atomic mass is 16.4. The smallest absolute Gasteiger partial charge is 0.321 e. The molecule has 6 nitrogen and oxygen atoms in total. The summed E-state index contributed by atoms with van der Waals surface area (Å²) in [5.74, 6) is -1.20. The number of nitrogens with one attached hydrogen (secondary N) is 2. The molecule has 126 valence electrons. The molecule has 1 fully saturated rings. The molecule has 0 aliphatic carbocycles. The first-order chi connectivity index (χ1) is 10.9. The molecule has 2 rings (SSSR count). The molecule has 1 aromatic rings. The Morgan fingerprint density at radius 2 is 1.78 bits per heavy atom. The number of carbonyl (C=O) groups is 2. The van der Waals surface area contributed by atoms with E-state index >= 15 is 0 Å². The van der Waals surface area contributed by atoms with Crippen LogP contribution >= 0.6 is 0 Å². The van der Waals surface area contributed by atoms with Crippen molar-refractivity contribution in [3.63, 3.8) is 0 Å². The van der Waals surface area contributed by atoms with Gasteiger partial charge in [0, 0.05) is 31.9 Å². The number of anilines is 1. The topological polar surface area (TPSA) is 81.7 Å². The van der Waals surface area contributed by atoms with E-state index in [-0.39, 0.29) is 12.3 Å². The first kappa shape index (κ1) is 17.4. The Morgan fingerprint density at radius 1 is 1.22 bits per heavy atom. The summed E-state index contributed by atoms with van der Waals surface area (Å²) in [6.07, 6.45) is -0.0396. The molecule has 1 amide bonds. The predicted molar refractivity (Wildman–Crippen MR) is 89.8 cm³/mol. The van der Waals surface area contributed by atoms with Crippen molar-refractivity contribution in [2.24, 2.45) is 0 Å². The summed E-state index contributed by atoms with van der Waals surface area (Å²) in [6, 6.07) is 3.24. The molecule has 1 saturated heterocycles. The van der Waals surface area contributed by atoms with E-state index < -0.39 is 12.0 Å². The Hall–Kier alpha value is -1.92. The van der Waals surface area contributed by atoms with Gasteiger partial charge in [-0.3, -0.25) is 14.5 Å². The van der Waals surface area contributed by atoms with Crippen LogP contribution in [0.2, 0.25) is 0 Å². The summed E-state index contributed by atoms with van der Waals surface area (Å²) in [6.45, 7) is 8.69. The monoisotopic (exact) mass is 319 g/mol. The average molecular weight is 319 g/mol. The average Bonchev–Trinajstić information content (AvgIpc) is 2.49. The van der Waals surface area contributed by atoms with Crippen molar-refractivity contribution in [2.45, 2.75) is 33.2 Å². The summed E-state index contributed by atoms with van der Waals surface area (Å²) in [7, 11) is 0. The number of aryl methyl sites for hydroxylation is 3. The number of aliphatic carboxylic acids is 1. The highest BCUT2D eigenvalue weighted by Gasteiger charge is 2.29. The number of piperazine rings is 1. The number of hydrogen-bond acceptors (Lipinski definition) is 4. The number of rotatable bonds is 5. The van der Waals surface area contributed by atoms with E-state index in [1.165, 1.54) is 0 Å². The lowest BCUT2D eigenvalue weighted by Crippen LogP contribution is -2.52. The van der Waals surface area contributed by atoms with Gasteiger partial charge >= 0.3 is 5.97 Å². The molecular weight excluding hydrogens is 294 g/mol. The fourth-order valence-corrected chi connectivity index (χ4v) is 3.11. The molecule has 6 heteroatoms. The fraction of sp³-hybridized carbons (Fsp3) is 0.529. The van der Waals surface area contributed by atoms with Gasteiger partial charge in [-0.1, -0.05) is 17.7 Å². The second kappa shape index (κ2) is 7.57. The normalized spacial score (nSPS) is 16.8. The van der Waals surface area contributed by atoms with E-state index in [1.54, 1.807) is 0 Å². The van der Waals surface area contributed by atoms with Crippen LogP contribution < -0.4 is 10.6 Å². The minimum atomic E-state index is -0.945. The molecule has 0 bridgehead atoms. The number of carbonyl (C=O) groups excluding carboxylic acids is 1. The standard InChI is InChI=1S/C17H25N3O3/c1-11-8-12(2)16(13(3)9-11)19-15(21)10-14(17(22)23)20-6-4-18-5-7-20/h8-9,14,18H,4-7,10H2,1-3H3,(H,19,21)(H,22,23)/t14-/m1/s1. The van der Waals surface area contributed by atoms with Crippen LogP contribution in [0.15, 0.2) is 12.1 Å².